The highest BCUT2D eigenvalue weighted by Crippen LogP contribution is 2.33. The predicted molar refractivity (Wildman–Crippen MR) is 131 cm³/mol. The molecule has 1 atom stereocenters. The van der Waals surface area contributed by atoms with Gasteiger partial charge in [-0.25, -0.2) is 9.48 Å². The van der Waals surface area contributed by atoms with E-state index in [9.17, 15) is 22.8 Å². The van der Waals surface area contributed by atoms with Crippen molar-refractivity contribution in [3.8, 4) is 17.1 Å². The van der Waals surface area contributed by atoms with Crippen molar-refractivity contribution >= 4 is 17.8 Å². The number of carbonyl (C=O) groups is 2. The zero-order valence-corrected chi connectivity index (χ0v) is 21.2. The van der Waals surface area contributed by atoms with E-state index < -0.39 is 29.5 Å². The van der Waals surface area contributed by atoms with Crippen LogP contribution in [0.15, 0.2) is 42.7 Å². The maximum Gasteiger partial charge on any atom is 0.433 e. The number of hydrogen-bond acceptors (Lipinski definition) is 7. The van der Waals surface area contributed by atoms with Crippen LogP contribution >= 0.6 is 0 Å². The van der Waals surface area contributed by atoms with Crippen LogP contribution in [0.5, 0.6) is 0 Å². The molecule has 4 rings (SSSR count). The van der Waals surface area contributed by atoms with Crippen LogP contribution in [-0.4, -0.2) is 60.6 Å². The third kappa shape index (κ3) is 6.64. The zero-order valence-electron chi connectivity index (χ0n) is 21.2. The maximum absolute atomic E-state index is 13.7. The lowest BCUT2D eigenvalue weighted by atomic mass is 10.0. The summed E-state index contributed by atoms with van der Waals surface area (Å²) in [5.74, 6) is -0.969. The largest absolute Gasteiger partial charge is 0.444 e. The molecule has 10 nitrogen and oxygen atoms in total. The normalized spacial score (nSPS) is 16.6. The smallest absolute Gasteiger partial charge is 0.433 e. The van der Waals surface area contributed by atoms with Crippen LogP contribution in [0.1, 0.15) is 45.7 Å². The highest BCUT2D eigenvalue weighted by atomic mass is 19.4. The van der Waals surface area contributed by atoms with Gasteiger partial charge in [-0.2, -0.15) is 18.3 Å². The third-order valence-corrected chi connectivity index (χ3v) is 5.77. The summed E-state index contributed by atoms with van der Waals surface area (Å²) in [6, 6.07) is 6.75. The Kier molecular flexibility index (Phi) is 7.65. The van der Waals surface area contributed by atoms with Gasteiger partial charge in [0.25, 0.3) is 0 Å². The fourth-order valence-corrected chi connectivity index (χ4v) is 3.99. The van der Waals surface area contributed by atoms with Crippen molar-refractivity contribution in [3.63, 3.8) is 0 Å². The van der Waals surface area contributed by atoms with E-state index in [1.807, 2.05) is 0 Å². The number of halogens is 3. The molecule has 38 heavy (non-hydrogen) atoms. The highest BCUT2D eigenvalue weighted by Gasteiger charge is 2.37. The fourth-order valence-electron chi connectivity index (χ4n) is 3.99. The molecular formula is C25H28F3N7O3. The Hall–Kier alpha value is -4.03. The number of anilines is 1. The van der Waals surface area contributed by atoms with E-state index >= 15 is 0 Å². The minimum Gasteiger partial charge on any atom is -0.444 e. The third-order valence-electron chi connectivity index (χ3n) is 5.77. The van der Waals surface area contributed by atoms with Crippen molar-refractivity contribution in [2.24, 2.45) is 5.92 Å². The van der Waals surface area contributed by atoms with Gasteiger partial charge in [0, 0.05) is 31.0 Å². The van der Waals surface area contributed by atoms with Gasteiger partial charge in [-0.3, -0.25) is 9.78 Å². The van der Waals surface area contributed by atoms with E-state index in [2.05, 4.69) is 25.6 Å². The van der Waals surface area contributed by atoms with Crippen LogP contribution in [0, 0.1) is 5.92 Å². The van der Waals surface area contributed by atoms with E-state index in [0.29, 0.717) is 23.2 Å². The Labute approximate surface area is 217 Å². The van der Waals surface area contributed by atoms with Crippen molar-refractivity contribution in [1.29, 1.82) is 0 Å². The Morgan fingerprint density at radius 2 is 1.89 bits per heavy atom. The second-order valence-electron chi connectivity index (χ2n) is 9.95. The molecule has 1 unspecified atom stereocenters. The summed E-state index contributed by atoms with van der Waals surface area (Å²) in [6.45, 7) is 5.99. The number of nitrogens with one attached hydrogen (secondary N) is 1. The Bertz CT molecular complexity index is 1270. The summed E-state index contributed by atoms with van der Waals surface area (Å²) >= 11 is 0. The number of pyridine rings is 1. The van der Waals surface area contributed by atoms with Crippen molar-refractivity contribution in [3.05, 3.63) is 48.4 Å². The molecule has 0 bridgehead atoms. The van der Waals surface area contributed by atoms with E-state index in [-0.39, 0.29) is 29.8 Å². The quantitative estimate of drug-likeness (QED) is 0.518. The molecule has 0 spiro atoms. The summed E-state index contributed by atoms with van der Waals surface area (Å²) in [7, 11) is 0. The molecule has 0 radical (unpaired) electrons. The molecule has 3 aromatic rings. The molecule has 4 heterocycles. The van der Waals surface area contributed by atoms with Crippen LogP contribution in [0.3, 0.4) is 0 Å². The number of carbonyl (C=O) groups excluding carboxylic acids is 2. The number of rotatable bonds is 4. The van der Waals surface area contributed by atoms with Crippen molar-refractivity contribution in [2.45, 2.75) is 51.8 Å². The molecule has 2 amide bonds. The van der Waals surface area contributed by atoms with Crippen molar-refractivity contribution in [1.82, 2.24) is 29.9 Å². The molecule has 0 aromatic carbocycles. The molecule has 0 saturated carbocycles. The van der Waals surface area contributed by atoms with Gasteiger partial charge in [0.2, 0.25) is 5.91 Å². The number of ether oxygens (including phenoxy) is 1. The molecule has 1 aliphatic heterocycles. The van der Waals surface area contributed by atoms with E-state index in [1.165, 1.54) is 29.4 Å². The van der Waals surface area contributed by atoms with Gasteiger partial charge in [-0.05, 0) is 63.9 Å². The molecule has 1 N–H and O–H groups in total. The van der Waals surface area contributed by atoms with Crippen molar-refractivity contribution in [2.75, 3.05) is 18.4 Å². The molecule has 3 aromatic heterocycles. The highest BCUT2D eigenvalue weighted by molar-refractivity contribution is 5.92. The number of nitrogens with zero attached hydrogens (tertiary/aromatic N) is 6. The summed E-state index contributed by atoms with van der Waals surface area (Å²) in [6.07, 6.45) is -0.198. The van der Waals surface area contributed by atoms with Gasteiger partial charge in [-0.1, -0.05) is 6.42 Å². The lowest BCUT2D eigenvalue weighted by Crippen LogP contribution is -2.41. The minimum absolute atomic E-state index is 0.0695. The number of likely N-dealkylation sites (tertiary alicyclic amines) is 1. The Morgan fingerprint density at radius 3 is 2.53 bits per heavy atom. The van der Waals surface area contributed by atoms with Gasteiger partial charge in [0.15, 0.2) is 17.3 Å². The molecule has 1 saturated heterocycles. The fraction of sp³-hybridized carbons (Fsp3) is 0.440. The van der Waals surface area contributed by atoms with Crippen LogP contribution < -0.4 is 5.32 Å². The summed E-state index contributed by atoms with van der Waals surface area (Å²) < 4.78 is 47.2. The zero-order chi connectivity index (χ0) is 27.5. The SMILES string of the molecule is CC(C)(C)OC(=O)N1CCCCC(C(=O)Nc2ccc(-n3nc(-c4cccnc4)cc3C(F)(F)F)nn2)C1. The van der Waals surface area contributed by atoms with Gasteiger partial charge in [-0.15, -0.1) is 10.2 Å². The lowest BCUT2D eigenvalue weighted by Gasteiger charge is -2.28. The van der Waals surface area contributed by atoms with Gasteiger partial charge >= 0.3 is 12.3 Å². The predicted octanol–water partition coefficient (Wildman–Crippen LogP) is 4.72. The number of aromatic nitrogens is 5. The second-order valence-corrected chi connectivity index (χ2v) is 9.95. The first kappa shape index (κ1) is 27.0. The lowest BCUT2D eigenvalue weighted by molar-refractivity contribution is -0.142. The first-order valence-corrected chi connectivity index (χ1v) is 12.1. The average molecular weight is 532 g/mol. The van der Waals surface area contributed by atoms with E-state index in [4.69, 9.17) is 4.74 Å². The molecule has 202 valence electrons. The van der Waals surface area contributed by atoms with Crippen LogP contribution in [0.25, 0.3) is 17.1 Å². The van der Waals surface area contributed by atoms with Crippen molar-refractivity contribution < 1.29 is 27.5 Å². The first-order valence-electron chi connectivity index (χ1n) is 12.1. The molecule has 13 heteroatoms. The minimum atomic E-state index is -4.69. The van der Waals surface area contributed by atoms with Crippen LogP contribution in [-0.2, 0) is 15.7 Å². The Morgan fingerprint density at radius 1 is 1.11 bits per heavy atom. The molecule has 0 aliphatic carbocycles. The second kappa shape index (κ2) is 10.8. The number of amides is 2. The topological polar surface area (TPSA) is 115 Å². The molecule has 1 aliphatic rings. The van der Waals surface area contributed by atoms with E-state index in [1.54, 1.807) is 32.9 Å². The maximum atomic E-state index is 13.7. The number of alkyl halides is 3. The van der Waals surface area contributed by atoms with E-state index in [0.717, 1.165) is 18.9 Å². The summed E-state index contributed by atoms with van der Waals surface area (Å²) in [5, 5.41) is 14.5. The monoisotopic (exact) mass is 531 g/mol. The van der Waals surface area contributed by atoms with Crippen LogP contribution in [0.2, 0.25) is 0 Å². The summed E-state index contributed by atoms with van der Waals surface area (Å²) in [4.78, 5) is 30.9. The molecular weight excluding hydrogens is 503 g/mol. The summed E-state index contributed by atoms with van der Waals surface area (Å²) in [5.41, 5.74) is -1.19. The first-order chi connectivity index (χ1) is 17.9. The van der Waals surface area contributed by atoms with Gasteiger partial charge in [0.1, 0.15) is 5.60 Å². The Balaban J connectivity index is 1.49. The van der Waals surface area contributed by atoms with Crippen LogP contribution in [0.4, 0.5) is 23.8 Å². The average Bonchev–Trinajstić information content (AvgIpc) is 3.16. The standard InChI is InChI=1S/C25H28F3N7O3/c1-24(2,3)38-23(37)34-12-5-4-7-17(15-34)22(36)30-20-9-10-21(32-31-20)35-19(25(26,27)28)13-18(33-35)16-8-6-11-29-14-16/h6,8-11,13-14,17H,4-5,7,12,15H2,1-3H3,(H,30,31,36). The number of hydrogen-bond donors (Lipinski definition) is 1. The molecule has 1 fully saturated rings. The van der Waals surface area contributed by atoms with Gasteiger partial charge in [0.05, 0.1) is 11.6 Å². The van der Waals surface area contributed by atoms with Gasteiger partial charge < -0.3 is 15.0 Å².